The predicted molar refractivity (Wildman–Crippen MR) is 141 cm³/mol. The molecule has 1 aliphatic carbocycles. The number of pyridine rings is 1. The molecule has 8 nitrogen and oxygen atoms in total. The summed E-state index contributed by atoms with van der Waals surface area (Å²) in [5.74, 6) is 1.98. The molecule has 6 rings (SSSR count). The van der Waals surface area contributed by atoms with Gasteiger partial charge in [-0.15, -0.1) is 5.10 Å². The van der Waals surface area contributed by atoms with Crippen molar-refractivity contribution in [3.8, 4) is 0 Å². The van der Waals surface area contributed by atoms with Crippen LogP contribution in [0.2, 0.25) is 0 Å². The van der Waals surface area contributed by atoms with Crippen LogP contribution in [0.1, 0.15) is 68.1 Å². The average Bonchev–Trinajstić information content (AvgIpc) is 3.21. The zero-order chi connectivity index (χ0) is 24.2. The Bertz CT molecular complexity index is 1110. The van der Waals surface area contributed by atoms with E-state index in [1.54, 1.807) is 0 Å². The first-order valence-electron chi connectivity index (χ1n) is 13.9. The van der Waals surface area contributed by atoms with Gasteiger partial charge in [-0.2, -0.15) is 0 Å². The highest BCUT2D eigenvalue weighted by molar-refractivity contribution is 5.41. The Labute approximate surface area is 214 Å². The van der Waals surface area contributed by atoms with E-state index in [-0.39, 0.29) is 6.04 Å². The second-order valence-electron chi connectivity index (χ2n) is 10.6. The number of aromatic nitrogens is 5. The maximum absolute atomic E-state index is 5.25. The second-order valence-corrected chi connectivity index (χ2v) is 10.6. The van der Waals surface area contributed by atoms with Crippen LogP contribution >= 0.6 is 0 Å². The molecule has 1 atom stereocenters. The van der Waals surface area contributed by atoms with Crippen LogP contribution in [-0.2, 0) is 6.54 Å². The molecule has 1 aromatic carbocycles. The topological polar surface area (TPSA) is 66.2 Å². The molecule has 36 heavy (non-hydrogen) atoms. The van der Waals surface area contributed by atoms with Crippen molar-refractivity contribution >= 4 is 5.82 Å². The average molecular weight is 487 g/mol. The standard InChI is InChI=1S/C28H38N8/c1-3-10-23(11-4-1)22-36-28(30-31-32-36)27(35-19-9-18-33(20-21-35)24-12-7-13-24)25-14-8-15-26(29-25)34-16-5-2-6-17-34/h1,3-4,8,10-11,14-15,24,27H,2,5-7,9,12-13,16-22H2. The van der Waals surface area contributed by atoms with Crippen molar-refractivity contribution < 1.29 is 0 Å². The highest BCUT2D eigenvalue weighted by atomic mass is 15.6. The Kier molecular flexibility index (Phi) is 7.23. The van der Waals surface area contributed by atoms with Crippen molar-refractivity contribution in [1.29, 1.82) is 0 Å². The van der Waals surface area contributed by atoms with Crippen LogP contribution in [0.25, 0.3) is 0 Å². The quantitative estimate of drug-likeness (QED) is 0.504. The monoisotopic (exact) mass is 486 g/mol. The fourth-order valence-corrected chi connectivity index (χ4v) is 5.98. The summed E-state index contributed by atoms with van der Waals surface area (Å²) >= 11 is 0. The van der Waals surface area contributed by atoms with Crippen LogP contribution in [0.4, 0.5) is 5.82 Å². The van der Waals surface area contributed by atoms with Crippen LogP contribution in [-0.4, -0.2) is 80.3 Å². The lowest BCUT2D eigenvalue weighted by atomic mass is 9.91. The van der Waals surface area contributed by atoms with Gasteiger partial charge in [0.1, 0.15) is 11.9 Å². The first kappa shape index (κ1) is 23.6. The lowest BCUT2D eigenvalue weighted by Crippen LogP contribution is -2.42. The molecule has 1 unspecified atom stereocenters. The smallest absolute Gasteiger partial charge is 0.174 e. The normalized spacial score (nSPS) is 21.2. The molecule has 2 saturated heterocycles. The summed E-state index contributed by atoms with van der Waals surface area (Å²) in [4.78, 5) is 13.0. The molecular formula is C28H38N8. The molecule has 3 fully saturated rings. The lowest BCUT2D eigenvalue weighted by Gasteiger charge is -2.37. The third kappa shape index (κ3) is 5.15. The Balaban J connectivity index is 1.32. The van der Waals surface area contributed by atoms with E-state index in [2.05, 4.69) is 72.7 Å². The number of anilines is 1. The molecule has 2 aromatic heterocycles. The van der Waals surface area contributed by atoms with Crippen molar-refractivity contribution in [1.82, 2.24) is 35.0 Å². The van der Waals surface area contributed by atoms with E-state index in [0.717, 1.165) is 56.1 Å². The summed E-state index contributed by atoms with van der Waals surface area (Å²) in [6.07, 6.45) is 9.07. The SMILES string of the molecule is c1ccc(Cn2nnnc2C(c2cccc(N3CCCCC3)n2)N2CCCN(C3CCC3)CC2)cc1. The van der Waals surface area contributed by atoms with E-state index in [4.69, 9.17) is 4.98 Å². The first-order chi connectivity index (χ1) is 17.8. The van der Waals surface area contributed by atoms with Crippen LogP contribution in [0.15, 0.2) is 48.5 Å². The number of nitrogens with zero attached hydrogens (tertiary/aromatic N) is 8. The van der Waals surface area contributed by atoms with Gasteiger partial charge in [-0.25, -0.2) is 9.67 Å². The van der Waals surface area contributed by atoms with E-state index in [1.807, 2.05) is 10.7 Å². The van der Waals surface area contributed by atoms with Crippen LogP contribution in [0.3, 0.4) is 0 Å². The minimum atomic E-state index is -0.0604. The fourth-order valence-electron chi connectivity index (χ4n) is 5.98. The molecule has 1 saturated carbocycles. The van der Waals surface area contributed by atoms with Crippen molar-refractivity contribution in [2.24, 2.45) is 0 Å². The Hall–Kier alpha value is -2.84. The van der Waals surface area contributed by atoms with Crippen LogP contribution in [0, 0.1) is 0 Å². The summed E-state index contributed by atoms with van der Waals surface area (Å²) in [5.41, 5.74) is 2.26. The fraction of sp³-hybridized carbons (Fsp3) is 0.571. The summed E-state index contributed by atoms with van der Waals surface area (Å²) in [5, 5.41) is 13.2. The Morgan fingerprint density at radius 3 is 2.44 bits per heavy atom. The van der Waals surface area contributed by atoms with Gasteiger partial charge in [-0.05, 0) is 73.2 Å². The minimum absolute atomic E-state index is 0.0604. The molecule has 0 N–H and O–H groups in total. The summed E-state index contributed by atoms with van der Waals surface area (Å²) in [6, 6.07) is 17.7. The van der Waals surface area contributed by atoms with Gasteiger partial charge in [-0.3, -0.25) is 9.80 Å². The molecule has 0 amide bonds. The highest BCUT2D eigenvalue weighted by Crippen LogP contribution is 2.31. The Morgan fingerprint density at radius 1 is 0.778 bits per heavy atom. The van der Waals surface area contributed by atoms with Gasteiger partial charge in [0.25, 0.3) is 0 Å². The van der Waals surface area contributed by atoms with Gasteiger partial charge >= 0.3 is 0 Å². The number of hydrogen-bond donors (Lipinski definition) is 0. The van der Waals surface area contributed by atoms with Crippen LogP contribution in [0.5, 0.6) is 0 Å². The number of hydrogen-bond acceptors (Lipinski definition) is 7. The van der Waals surface area contributed by atoms with Gasteiger partial charge in [-0.1, -0.05) is 42.8 Å². The van der Waals surface area contributed by atoms with Gasteiger partial charge in [0.15, 0.2) is 5.82 Å². The van der Waals surface area contributed by atoms with Gasteiger partial charge in [0.05, 0.1) is 12.2 Å². The summed E-state index contributed by atoms with van der Waals surface area (Å²) < 4.78 is 1.98. The maximum Gasteiger partial charge on any atom is 0.174 e. The zero-order valence-electron chi connectivity index (χ0n) is 21.3. The molecule has 190 valence electrons. The van der Waals surface area contributed by atoms with E-state index in [0.29, 0.717) is 6.54 Å². The summed E-state index contributed by atoms with van der Waals surface area (Å²) in [6.45, 7) is 7.17. The number of piperidine rings is 1. The van der Waals surface area contributed by atoms with Crippen molar-refractivity contribution in [3.05, 3.63) is 65.6 Å². The molecule has 0 radical (unpaired) electrons. The van der Waals surface area contributed by atoms with Crippen molar-refractivity contribution in [3.63, 3.8) is 0 Å². The number of rotatable bonds is 7. The largest absolute Gasteiger partial charge is 0.357 e. The molecular weight excluding hydrogens is 448 g/mol. The molecule has 8 heteroatoms. The van der Waals surface area contributed by atoms with Gasteiger partial charge < -0.3 is 4.90 Å². The Morgan fingerprint density at radius 2 is 1.64 bits per heavy atom. The molecule has 2 aliphatic heterocycles. The third-order valence-corrected chi connectivity index (χ3v) is 8.22. The van der Waals surface area contributed by atoms with E-state index < -0.39 is 0 Å². The molecule has 0 spiro atoms. The van der Waals surface area contributed by atoms with Gasteiger partial charge in [0, 0.05) is 38.8 Å². The van der Waals surface area contributed by atoms with Crippen molar-refractivity contribution in [2.45, 2.75) is 63.6 Å². The predicted octanol–water partition coefficient (Wildman–Crippen LogP) is 3.76. The van der Waals surface area contributed by atoms with E-state index in [1.165, 1.54) is 57.1 Å². The molecule has 3 aliphatic rings. The van der Waals surface area contributed by atoms with Crippen LogP contribution < -0.4 is 4.90 Å². The second kappa shape index (κ2) is 11.0. The molecule has 0 bridgehead atoms. The number of benzene rings is 1. The minimum Gasteiger partial charge on any atom is -0.357 e. The molecule has 3 aromatic rings. The van der Waals surface area contributed by atoms with E-state index in [9.17, 15) is 0 Å². The van der Waals surface area contributed by atoms with E-state index >= 15 is 0 Å². The summed E-state index contributed by atoms with van der Waals surface area (Å²) in [7, 11) is 0. The highest BCUT2D eigenvalue weighted by Gasteiger charge is 2.33. The zero-order valence-corrected chi connectivity index (χ0v) is 21.3. The lowest BCUT2D eigenvalue weighted by molar-refractivity contribution is 0.127. The molecule has 4 heterocycles. The van der Waals surface area contributed by atoms with Gasteiger partial charge in [0.2, 0.25) is 0 Å². The maximum atomic E-state index is 5.25. The first-order valence-corrected chi connectivity index (χ1v) is 13.9. The number of tetrazole rings is 1. The van der Waals surface area contributed by atoms with Crippen molar-refractivity contribution in [2.75, 3.05) is 44.2 Å². The third-order valence-electron chi connectivity index (χ3n) is 8.22.